The summed E-state index contributed by atoms with van der Waals surface area (Å²) in [6.45, 7) is 3.37. The number of likely N-dealkylation sites (tertiary alicyclic amines) is 1. The van der Waals surface area contributed by atoms with E-state index in [0.717, 1.165) is 41.2 Å². The SMILES string of the molecule is CC(=O)NCCC(=O)N1CCC(c2nc3cc(Cl)ccc3s2)CC1. The lowest BCUT2D eigenvalue weighted by molar-refractivity contribution is -0.132. The predicted molar refractivity (Wildman–Crippen MR) is 96.5 cm³/mol. The number of amides is 2. The Hall–Kier alpha value is -1.66. The van der Waals surface area contributed by atoms with Gasteiger partial charge >= 0.3 is 0 Å². The van der Waals surface area contributed by atoms with Gasteiger partial charge in [-0.3, -0.25) is 9.59 Å². The summed E-state index contributed by atoms with van der Waals surface area (Å²) in [4.78, 5) is 29.6. The van der Waals surface area contributed by atoms with Gasteiger partial charge in [0.25, 0.3) is 0 Å². The first-order valence-corrected chi connectivity index (χ1v) is 9.30. The number of halogens is 1. The summed E-state index contributed by atoms with van der Waals surface area (Å²) in [5.41, 5.74) is 0.955. The van der Waals surface area contributed by atoms with Crippen molar-refractivity contribution in [2.75, 3.05) is 19.6 Å². The average molecular weight is 366 g/mol. The summed E-state index contributed by atoms with van der Waals surface area (Å²) in [6.07, 6.45) is 2.22. The van der Waals surface area contributed by atoms with Crippen molar-refractivity contribution >= 4 is 45.0 Å². The Kier molecular flexibility index (Phi) is 5.36. The Morgan fingerprint density at radius 1 is 1.38 bits per heavy atom. The first-order chi connectivity index (χ1) is 11.5. The molecular formula is C17H20ClN3O2S. The van der Waals surface area contributed by atoms with Crippen molar-refractivity contribution in [2.45, 2.75) is 32.1 Å². The van der Waals surface area contributed by atoms with E-state index in [1.54, 1.807) is 11.3 Å². The molecule has 2 aromatic rings. The summed E-state index contributed by atoms with van der Waals surface area (Å²) < 4.78 is 1.16. The van der Waals surface area contributed by atoms with Crippen LogP contribution in [0, 0.1) is 0 Å². The van der Waals surface area contributed by atoms with Crippen molar-refractivity contribution in [1.29, 1.82) is 0 Å². The predicted octanol–water partition coefficient (Wildman–Crippen LogP) is 3.18. The molecule has 0 aliphatic carbocycles. The van der Waals surface area contributed by atoms with Crippen LogP contribution in [-0.4, -0.2) is 41.3 Å². The first-order valence-electron chi connectivity index (χ1n) is 8.11. The molecule has 1 aliphatic heterocycles. The van der Waals surface area contributed by atoms with E-state index in [-0.39, 0.29) is 11.8 Å². The average Bonchev–Trinajstić information content (AvgIpc) is 2.97. The number of carbonyl (C=O) groups is 2. The number of aromatic nitrogens is 1. The highest BCUT2D eigenvalue weighted by Gasteiger charge is 2.25. The van der Waals surface area contributed by atoms with E-state index in [0.29, 0.717) is 23.9 Å². The highest BCUT2D eigenvalue weighted by Crippen LogP contribution is 2.34. The Bertz CT molecular complexity index is 753. The van der Waals surface area contributed by atoms with Gasteiger partial charge in [0.15, 0.2) is 0 Å². The molecule has 1 aromatic carbocycles. The number of hydrogen-bond donors (Lipinski definition) is 1. The number of benzene rings is 1. The van der Waals surface area contributed by atoms with Crippen molar-refractivity contribution in [3.05, 3.63) is 28.2 Å². The number of rotatable bonds is 4. The fourth-order valence-electron chi connectivity index (χ4n) is 2.97. The second-order valence-corrected chi connectivity index (χ2v) is 7.55. The van der Waals surface area contributed by atoms with Gasteiger partial charge in [-0.2, -0.15) is 0 Å². The number of fused-ring (bicyclic) bond motifs is 1. The van der Waals surface area contributed by atoms with Crippen LogP contribution in [0.1, 0.15) is 37.1 Å². The van der Waals surface area contributed by atoms with Crippen molar-refractivity contribution in [3.63, 3.8) is 0 Å². The van der Waals surface area contributed by atoms with Crippen molar-refractivity contribution in [1.82, 2.24) is 15.2 Å². The summed E-state index contributed by atoms with van der Waals surface area (Å²) in [7, 11) is 0. The van der Waals surface area contributed by atoms with Crippen LogP contribution in [0.15, 0.2) is 18.2 Å². The molecule has 5 nitrogen and oxygen atoms in total. The monoisotopic (exact) mass is 365 g/mol. The van der Waals surface area contributed by atoms with E-state index in [1.165, 1.54) is 6.92 Å². The maximum atomic E-state index is 12.1. The minimum Gasteiger partial charge on any atom is -0.356 e. The molecule has 1 saturated heterocycles. The van der Waals surface area contributed by atoms with E-state index in [4.69, 9.17) is 16.6 Å². The smallest absolute Gasteiger partial charge is 0.224 e. The number of nitrogens with one attached hydrogen (secondary N) is 1. The highest BCUT2D eigenvalue weighted by molar-refractivity contribution is 7.18. The topological polar surface area (TPSA) is 62.3 Å². The first kappa shape index (κ1) is 17.2. The maximum absolute atomic E-state index is 12.1. The third-order valence-electron chi connectivity index (χ3n) is 4.28. The van der Waals surface area contributed by atoms with Gasteiger partial charge in [-0.25, -0.2) is 4.98 Å². The van der Waals surface area contributed by atoms with Crippen molar-refractivity contribution < 1.29 is 9.59 Å². The van der Waals surface area contributed by atoms with Gasteiger partial charge < -0.3 is 10.2 Å². The Morgan fingerprint density at radius 3 is 2.83 bits per heavy atom. The van der Waals surface area contributed by atoms with Crippen LogP contribution >= 0.6 is 22.9 Å². The fourth-order valence-corrected chi connectivity index (χ4v) is 4.26. The Balaban J connectivity index is 1.56. The van der Waals surface area contributed by atoms with Gasteiger partial charge in [0.05, 0.1) is 15.2 Å². The molecule has 1 aliphatic rings. The molecule has 0 radical (unpaired) electrons. The molecule has 2 heterocycles. The van der Waals surface area contributed by atoms with Gasteiger partial charge in [0, 0.05) is 43.9 Å². The molecule has 128 valence electrons. The number of hydrogen-bond acceptors (Lipinski definition) is 4. The molecule has 1 fully saturated rings. The summed E-state index contributed by atoms with van der Waals surface area (Å²) in [5.74, 6) is 0.413. The zero-order chi connectivity index (χ0) is 17.1. The zero-order valence-corrected chi connectivity index (χ0v) is 15.1. The van der Waals surface area contributed by atoms with Crippen LogP contribution in [-0.2, 0) is 9.59 Å². The van der Waals surface area contributed by atoms with E-state index >= 15 is 0 Å². The third-order valence-corrected chi connectivity index (χ3v) is 5.71. The minimum atomic E-state index is -0.0996. The molecule has 3 rings (SSSR count). The Morgan fingerprint density at radius 2 is 2.12 bits per heavy atom. The number of nitrogens with zero attached hydrogens (tertiary/aromatic N) is 2. The maximum Gasteiger partial charge on any atom is 0.224 e. The van der Waals surface area contributed by atoms with Crippen LogP contribution < -0.4 is 5.32 Å². The summed E-state index contributed by atoms with van der Waals surface area (Å²) in [6, 6.07) is 5.80. The normalized spacial score (nSPS) is 15.7. The van der Waals surface area contributed by atoms with Crippen molar-refractivity contribution in [2.24, 2.45) is 0 Å². The molecule has 0 atom stereocenters. The summed E-state index contributed by atoms with van der Waals surface area (Å²) in [5, 5.41) is 4.51. The fraction of sp³-hybridized carbons (Fsp3) is 0.471. The van der Waals surface area contributed by atoms with E-state index in [2.05, 4.69) is 5.32 Å². The third kappa shape index (κ3) is 4.05. The molecule has 0 spiro atoms. The van der Waals surface area contributed by atoms with Crippen molar-refractivity contribution in [3.8, 4) is 0 Å². The lowest BCUT2D eigenvalue weighted by Gasteiger charge is -2.31. The second kappa shape index (κ2) is 7.49. The summed E-state index contributed by atoms with van der Waals surface area (Å²) >= 11 is 7.74. The molecule has 1 N–H and O–H groups in total. The zero-order valence-electron chi connectivity index (χ0n) is 13.5. The molecule has 0 saturated carbocycles. The van der Waals surface area contributed by atoms with E-state index < -0.39 is 0 Å². The van der Waals surface area contributed by atoms with Gasteiger partial charge in [0.2, 0.25) is 11.8 Å². The van der Waals surface area contributed by atoms with Crippen LogP contribution in [0.4, 0.5) is 0 Å². The molecule has 24 heavy (non-hydrogen) atoms. The number of piperidine rings is 1. The second-order valence-electron chi connectivity index (χ2n) is 6.05. The lowest BCUT2D eigenvalue weighted by Crippen LogP contribution is -2.39. The lowest BCUT2D eigenvalue weighted by atomic mass is 9.97. The molecule has 7 heteroatoms. The van der Waals surface area contributed by atoms with Gasteiger partial charge in [0.1, 0.15) is 0 Å². The Labute approximate surface area is 150 Å². The van der Waals surface area contributed by atoms with Gasteiger partial charge in [-0.15, -0.1) is 11.3 Å². The molecule has 0 bridgehead atoms. The minimum absolute atomic E-state index is 0.0996. The standard InChI is InChI=1S/C17H20ClN3O2S/c1-11(22)19-7-4-16(23)21-8-5-12(6-9-21)17-20-14-10-13(18)2-3-15(14)24-17/h2-3,10,12H,4-9H2,1H3,(H,19,22). The largest absolute Gasteiger partial charge is 0.356 e. The van der Waals surface area contributed by atoms with E-state index in [1.807, 2.05) is 23.1 Å². The number of thiazole rings is 1. The van der Waals surface area contributed by atoms with Crippen LogP contribution in [0.2, 0.25) is 5.02 Å². The molecular weight excluding hydrogens is 346 g/mol. The molecule has 1 aromatic heterocycles. The van der Waals surface area contributed by atoms with Crippen LogP contribution in [0.5, 0.6) is 0 Å². The quantitative estimate of drug-likeness (QED) is 0.905. The molecule has 0 unspecified atom stereocenters. The highest BCUT2D eigenvalue weighted by atomic mass is 35.5. The number of carbonyl (C=O) groups excluding carboxylic acids is 2. The van der Waals surface area contributed by atoms with Crippen LogP contribution in [0.25, 0.3) is 10.2 Å². The van der Waals surface area contributed by atoms with Gasteiger partial charge in [-0.1, -0.05) is 11.6 Å². The van der Waals surface area contributed by atoms with E-state index in [9.17, 15) is 9.59 Å². The van der Waals surface area contributed by atoms with Gasteiger partial charge in [-0.05, 0) is 31.0 Å². The van der Waals surface area contributed by atoms with Crippen LogP contribution in [0.3, 0.4) is 0 Å². The molecule has 2 amide bonds.